The third-order valence-electron chi connectivity index (χ3n) is 2.92. The molecule has 2 aromatic rings. The summed E-state index contributed by atoms with van der Waals surface area (Å²) in [4.78, 5) is 3.19. The van der Waals surface area contributed by atoms with Crippen molar-refractivity contribution in [2.45, 2.75) is 17.1 Å². The lowest BCUT2D eigenvalue weighted by molar-refractivity contribution is 0.582. The normalized spacial score (nSPS) is 13.8. The van der Waals surface area contributed by atoms with Gasteiger partial charge in [-0.3, -0.25) is 0 Å². The number of H-pyrrole nitrogens is 1. The van der Waals surface area contributed by atoms with Gasteiger partial charge < -0.3 is 10.7 Å². The molecule has 7 heteroatoms. The molecule has 0 aliphatic carbocycles. The lowest BCUT2D eigenvalue weighted by Crippen LogP contribution is -2.29. The SMILES string of the molecule is CSC(C)CNS(=O)(=O)c1c[nH]c2cc(N)ccc12. The van der Waals surface area contributed by atoms with Gasteiger partial charge in [0, 0.05) is 34.6 Å². The molecule has 0 bridgehead atoms. The number of hydrogen-bond acceptors (Lipinski definition) is 4. The van der Waals surface area contributed by atoms with E-state index in [-0.39, 0.29) is 10.1 Å². The van der Waals surface area contributed by atoms with Crippen LogP contribution in [-0.4, -0.2) is 31.5 Å². The van der Waals surface area contributed by atoms with Gasteiger partial charge >= 0.3 is 0 Å². The summed E-state index contributed by atoms with van der Waals surface area (Å²) in [6, 6.07) is 5.13. The Morgan fingerprint density at radius 3 is 2.89 bits per heavy atom. The van der Waals surface area contributed by atoms with E-state index in [2.05, 4.69) is 9.71 Å². The first kappa shape index (κ1) is 14.2. The first-order valence-corrected chi connectivity index (χ1v) is 8.60. The minimum atomic E-state index is -3.50. The Labute approximate surface area is 117 Å². The van der Waals surface area contributed by atoms with Crippen molar-refractivity contribution in [1.29, 1.82) is 0 Å². The minimum absolute atomic E-state index is 0.232. The molecule has 0 radical (unpaired) electrons. The molecule has 0 fully saturated rings. The Morgan fingerprint density at radius 2 is 2.21 bits per heavy atom. The van der Waals surface area contributed by atoms with Crippen LogP contribution in [0.2, 0.25) is 0 Å². The molecule has 1 atom stereocenters. The van der Waals surface area contributed by atoms with Gasteiger partial charge in [-0.05, 0) is 24.5 Å². The molecule has 1 unspecified atom stereocenters. The summed E-state index contributed by atoms with van der Waals surface area (Å²) in [5.74, 6) is 0. The van der Waals surface area contributed by atoms with Crippen LogP contribution in [0, 0.1) is 0 Å². The number of hydrogen-bond donors (Lipinski definition) is 3. The van der Waals surface area contributed by atoms with Gasteiger partial charge in [-0.25, -0.2) is 13.1 Å². The third-order valence-corrected chi connectivity index (χ3v) is 5.36. The van der Waals surface area contributed by atoms with Gasteiger partial charge in [-0.2, -0.15) is 11.8 Å². The second-order valence-electron chi connectivity index (χ2n) is 4.36. The molecule has 0 saturated heterocycles. The Balaban J connectivity index is 2.33. The molecular formula is C12H17N3O2S2. The highest BCUT2D eigenvalue weighted by Gasteiger charge is 2.19. The molecule has 0 spiro atoms. The Morgan fingerprint density at radius 1 is 1.47 bits per heavy atom. The molecule has 19 heavy (non-hydrogen) atoms. The van der Waals surface area contributed by atoms with Gasteiger partial charge in [0.1, 0.15) is 4.90 Å². The highest BCUT2D eigenvalue weighted by molar-refractivity contribution is 7.99. The van der Waals surface area contributed by atoms with Crippen molar-refractivity contribution < 1.29 is 8.42 Å². The summed E-state index contributed by atoms with van der Waals surface area (Å²) in [5.41, 5.74) is 6.99. The van der Waals surface area contributed by atoms with E-state index in [9.17, 15) is 8.42 Å². The van der Waals surface area contributed by atoms with E-state index in [0.29, 0.717) is 17.6 Å². The molecular weight excluding hydrogens is 282 g/mol. The van der Waals surface area contributed by atoms with Crippen LogP contribution in [0.15, 0.2) is 29.3 Å². The second-order valence-corrected chi connectivity index (χ2v) is 7.37. The van der Waals surface area contributed by atoms with Gasteiger partial charge in [0.25, 0.3) is 0 Å². The van der Waals surface area contributed by atoms with E-state index in [0.717, 1.165) is 5.52 Å². The van der Waals surface area contributed by atoms with Gasteiger partial charge in [-0.15, -0.1) is 0 Å². The fourth-order valence-electron chi connectivity index (χ4n) is 1.73. The zero-order valence-electron chi connectivity index (χ0n) is 10.8. The Hall–Kier alpha value is -1.18. The average molecular weight is 299 g/mol. The third kappa shape index (κ3) is 3.05. The lowest BCUT2D eigenvalue weighted by Gasteiger charge is -2.10. The van der Waals surface area contributed by atoms with Crippen molar-refractivity contribution in [2.75, 3.05) is 18.5 Å². The quantitative estimate of drug-likeness (QED) is 0.734. The van der Waals surface area contributed by atoms with E-state index >= 15 is 0 Å². The van der Waals surface area contributed by atoms with Gasteiger partial charge in [-0.1, -0.05) is 6.92 Å². The molecule has 4 N–H and O–H groups in total. The van der Waals surface area contributed by atoms with E-state index in [4.69, 9.17) is 5.73 Å². The number of aromatic amines is 1. The van der Waals surface area contributed by atoms with E-state index in [1.807, 2.05) is 13.2 Å². The molecule has 0 saturated carbocycles. The summed E-state index contributed by atoms with van der Waals surface area (Å²) < 4.78 is 27.1. The molecule has 0 amide bonds. The highest BCUT2D eigenvalue weighted by atomic mass is 32.2. The summed E-state index contributed by atoms with van der Waals surface area (Å²) in [5, 5.41) is 0.883. The topological polar surface area (TPSA) is 88.0 Å². The van der Waals surface area contributed by atoms with Crippen LogP contribution in [0.5, 0.6) is 0 Å². The predicted octanol–water partition coefficient (Wildman–Crippen LogP) is 1.78. The predicted molar refractivity (Wildman–Crippen MR) is 80.9 cm³/mol. The number of nitrogen functional groups attached to an aromatic ring is 1. The zero-order valence-corrected chi connectivity index (χ0v) is 12.4. The number of aromatic nitrogens is 1. The molecule has 2 rings (SSSR count). The fourth-order valence-corrected chi connectivity index (χ4v) is 3.39. The van der Waals surface area contributed by atoms with Gasteiger partial charge in [0.2, 0.25) is 10.0 Å². The van der Waals surface area contributed by atoms with Crippen molar-refractivity contribution >= 4 is 38.4 Å². The number of anilines is 1. The Kier molecular flexibility index (Phi) is 4.07. The number of thioether (sulfide) groups is 1. The molecule has 1 heterocycles. The number of rotatable bonds is 5. The number of nitrogens with one attached hydrogen (secondary N) is 2. The maximum Gasteiger partial charge on any atom is 0.242 e. The fraction of sp³-hybridized carbons (Fsp3) is 0.333. The largest absolute Gasteiger partial charge is 0.399 e. The highest BCUT2D eigenvalue weighted by Crippen LogP contribution is 2.24. The van der Waals surface area contributed by atoms with Crippen molar-refractivity contribution in [2.24, 2.45) is 0 Å². The summed E-state index contributed by atoms with van der Waals surface area (Å²) in [6.45, 7) is 2.38. The number of fused-ring (bicyclic) bond motifs is 1. The molecule has 0 aliphatic rings. The van der Waals surface area contributed by atoms with Crippen LogP contribution in [0.3, 0.4) is 0 Å². The summed E-state index contributed by atoms with van der Waals surface area (Å²) in [7, 11) is -3.50. The van der Waals surface area contributed by atoms with Gasteiger partial charge in [0.05, 0.1) is 0 Å². The van der Waals surface area contributed by atoms with Gasteiger partial charge in [0.15, 0.2) is 0 Å². The van der Waals surface area contributed by atoms with Crippen LogP contribution in [0.1, 0.15) is 6.92 Å². The molecule has 0 aliphatic heterocycles. The molecule has 104 valence electrons. The van der Waals surface area contributed by atoms with Crippen LogP contribution in [0.25, 0.3) is 10.9 Å². The van der Waals surface area contributed by atoms with Crippen molar-refractivity contribution in [3.05, 3.63) is 24.4 Å². The second kappa shape index (κ2) is 5.44. The number of sulfonamides is 1. The van der Waals surface area contributed by atoms with Crippen LogP contribution < -0.4 is 10.5 Å². The van der Waals surface area contributed by atoms with E-state index in [1.165, 1.54) is 6.20 Å². The van der Waals surface area contributed by atoms with Crippen molar-refractivity contribution in [1.82, 2.24) is 9.71 Å². The zero-order chi connectivity index (χ0) is 14.0. The van der Waals surface area contributed by atoms with E-state index in [1.54, 1.807) is 30.0 Å². The first-order chi connectivity index (χ1) is 8.94. The summed E-state index contributed by atoms with van der Waals surface area (Å²) in [6.07, 6.45) is 3.45. The van der Waals surface area contributed by atoms with Crippen LogP contribution >= 0.6 is 11.8 Å². The van der Waals surface area contributed by atoms with Crippen molar-refractivity contribution in [3.8, 4) is 0 Å². The van der Waals surface area contributed by atoms with Crippen LogP contribution in [-0.2, 0) is 10.0 Å². The van der Waals surface area contributed by atoms with Crippen molar-refractivity contribution in [3.63, 3.8) is 0 Å². The maximum absolute atomic E-state index is 12.2. The monoisotopic (exact) mass is 299 g/mol. The van der Waals surface area contributed by atoms with E-state index < -0.39 is 10.0 Å². The molecule has 5 nitrogen and oxygen atoms in total. The smallest absolute Gasteiger partial charge is 0.242 e. The molecule has 1 aromatic carbocycles. The Bertz CT molecular complexity index is 679. The number of nitrogens with two attached hydrogens (primary N) is 1. The van der Waals surface area contributed by atoms with Crippen LogP contribution in [0.4, 0.5) is 5.69 Å². The number of benzene rings is 1. The summed E-state index contributed by atoms with van der Waals surface area (Å²) >= 11 is 1.62. The average Bonchev–Trinajstić information content (AvgIpc) is 2.79. The first-order valence-electron chi connectivity index (χ1n) is 5.83. The molecule has 1 aromatic heterocycles. The maximum atomic E-state index is 12.2. The minimum Gasteiger partial charge on any atom is -0.399 e. The standard InChI is InChI=1S/C12H17N3O2S2/c1-8(18-2)6-15-19(16,17)12-7-14-11-5-9(13)3-4-10(11)12/h3-5,7-8,14-15H,6,13H2,1-2H3. The lowest BCUT2D eigenvalue weighted by atomic mass is 10.2.